The van der Waals surface area contributed by atoms with Crippen molar-refractivity contribution < 1.29 is 4.79 Å². The first kappa shape index (κ1) is 15.5. The third kappa shape index (κ3) is 4.06. The highest BCUT2D eigenvalue weighted by molar-refractivity contribution is 9.10. The van der Waals surface area contributed by atoms with Gasteiger partial charge in [-0.15, -0.1) is 0 Å². The summed E-state index contributed by atoms with van der Waals surface area (Å²) in [7, 11) is 0. The van der Waals surface area contributed by atoms with Gasteiger partial charge < -0.3 is 10.6 Å². The van der Waals surface area contributed by atoms with E-state index in [1.807, 2.05) is 20.8 Å². The highest BCUT2D eigenvalue weighted by atomic mass is 79.9. The number of hydrogen-bond donors (Lipinski definition) is 2. The van der Waals surface area contributed by atoms with Crippen molar-refractivity contribution in [2.75, 3.05) is 0 Å². The van der Waals surface area contributed by atoms with Gasteiger partial charge in [0.1, 0.15) is 0 Å². The maximum absolute atomic E-state index is 11.8. The second-order valence-corrected chi connectivity index (χ2v) is 6.89. The Kier molecular flexibility index (Phi) is 5.22. The third-order valence-electron chi connectivity index (χ3n) is 3.77. The lowest BCUT2D eigenvalue weighted by atomic mass is 9.75. The molecule has 0 saturated heterocycles. The summed E-state index contributed by atoms with van der Waals surface area (Å²) in [6, 6.07) is 9.03. The van der Waals surface area contributed by atoms with Crippen LogP contribution in [-0.2, 0) is 4.79 Å². The zero-order valence-electron chi connectivity index (χ0n) is 12.3. The first-order valence-corrected chi connectivity index (χ1v) is 8.07. The molecule has 1 unspecified atom stereocenters. The van der Waals surface area contributed by atoms with Crippen LogP contribution < -0.4 is 10.6 Å². The van der Waals surface area contributed by atoms with Crippen LogP contribution in [0, 0.1) is 0 Å². The fourth-order valence-electron chi connectivity index (χ4n) is 2.63. The highest BCUT2D eigenvalue weighted by Crippen LogP contribution is 2.37. The van der Waals surface area contributed by atoms with Crippen molar-refractivity contribution in [1.29, 1.82) is 0 Å². The molecule has 1 fully saturated rings. The van der Waals surface area contributed by atoms with Gasteiger partial charge in [-0.1, -0.05) is 28.1 Å². The first-order chi connectivity index (χ1) is 9.45. The Balaban J connectivity index is 1.78. The van der Waals surface area contributed by atoms with Crippen molar-refractivity contribution >= 4 is 21.8 Å². The summed E-state index contributed by atoms with van der Waals surface area (Å²) in [4.78, 5) is 11.8. The van der Waals surface area contributed by atoms with Gasteiger partial charge >= 0.3 is 0 Å². The number of rotatable bonds is 5. The Bertz CT molecular complexity index is 469. The van der Waals surface area contributed by atoms with E-state index in [4.69, 9.17) is 0 Å². The van der Waals surface area contributed by atoms with Crippen LogP contribution in [0.15, 0.2) is 28.7 Å². The van der Waals surface area contributed by atoms with Gasteiger partial charge in [0.05, 0.1) is 6.04 Å². The molecule has 3 nitrogen and oxygen atoms in total. The number of hydrogen-bond acceptors (Lipinski definition) is 2. The predicted molar refractivity (Wildman–Crippen MR) is 85.8 cm³/mol. The molecule has 1 atom stereocenters. The molecule has 0 spiro atoms. The molecule has 1 saturated carbocycles. The van der Waals surface area contributed by atoms with E-state index in [0.717, 1.165) is 17.3 Å². The maximum atomic E-state index is 11.8. The van der Waals surface area contributed by atoms with Gasteiger partial charge in [0.15, 0.2) is 0 Å². The average Bonchev–Trinajstić information content (AvgIpc) is 2.31. The van der Waals surface area contributed by atoms with E-state index in [0.29, 0.717) is 12.0 Å². The third-order valence-corrected chi connectivity index (χ3v) is 4.26. The van der Waals surface area contributed by atoms with Crippen LogP contribution in [0.3, 0.4) is 0 Å². The molecule has 2 rings (SSSR count). The number of carbonyl (C=O) groups excluding carboxylic acids is 1. The quantitative estimate of drug-likeness (QED) is 0.865. The monoisotopic (exact) mass is 338 g/mol. The Morgan fingerprint density at radius 1 is 1.30 bits per heavy atom. The lowest BCUT2D eigenvalue weighted by Crippen LogP contribution is -2.51. The van der Waals surface area contributed by atoms with Crippen molar-refractivity contribution in [3.63, 3.8) is 0 Å². The Labute approximate surface area is 129 Å². The summed E-state index contributed by atoms with van der Waals surface area (Å²) in [5.41, 5.74) is 1.39. The van der Waals surface area contributed by atoms with Gasteiger partial charge in [0.25, 0.3) is 0 Å². The number of amides is 1. The molecule has 1 aromatic carbocycles. The maximum Gasteiger partial charge on any atom is 0.237 e. The first-order valence-electron chi connectivity index (χ1n) is 7.27. The topological polar surface area (TPSA) is 41.1 Å². The molecule has 2 N–H and O–H groups in total. The Morgan fingerprint density at radius 3 is 2.60 bits per heavy atom. The van der Waals surface area contributed by atoms with E-state index < -0.39 is 0 Å². The minimum absolute atomic E-state index is 0.0888. The normalized spacial score (nSPS) is 23.2. The SMILES string of the molecule is CC(C)NC(=O)C(C)NC1CC(c2cccc(Br)c2)C1. The van der Waals surface area contributed by atoms with E-state index >= 15 is 0 Å². The zero-order valence-corrected chi connectivity index (χ0v) is 13.9. The van der Waals surface area contributed by atoms with Crippen molar-refractivity contribution in [2.45, 2.75) is 57.7 Å². The van der Waals surface area contributed by atoms with Gasteiger partial charge in [0.2, 0.25) is 5.91 Å². The van der Waals surface area contributed by atoms with Gasteiger partial charge in [-0.05, 0) is 57.2 Å². The molecular formula is C16H23BrN2O. The number of nitrogens with one attached hydrogen (secondary N) is 2. The average molecular weight is 339 g/mol. The van der Waals surface area contributed by atoms with Gasteiger partial charge in [-0.3, -0.25) is 4.79 Å². The van der Waals surface area contributed by atoms with Crippen molar-refractivity contribution in [3.05, 3.63) is 34.3 Å². The van der Waals surface area contributed by atoms with Crippen molar-refractivity contribution in [2.24, 2.45) is 0 Å². The van der Waals surface area contributed by atoms with Crippen LogP contribution in [0.2, 0.25) is 0 Å². The summed E-state index contributed by atoms with van der Waals surface area (Å²) >= 11 is 3.51. The molecule has 0 radical (unpaired) electrons. The molecule has 4 heteroatoms. The van der Waals surface area contributed by atoms with Crippen LogP contribution in [0.1, 0.15) is 45.1 Å². The molecule has 1 aromatic rings. The van der Waals surface area contributed by atoms with Crippen LogP contribution in [0.25, 0.3) is 0 Å². The van der Waals surface area contributed by atoms with E-state index in [1.165, 1.54) is 5.56 Å². The smallest absolute Gasteiger partial charge is 0.237 e. The summed E-state index contributed by atoms with van der Waals surface area (Å²) in [5.74, 6) is 0.705. The van der Waals surface area contributed by atoms with Crippen LogP contribution >= 0.6 is 15.9 Å². The molecule has 110 valence electrons. The van der Waals surface area contributed by atoms with Crippen molar-refractivity contribution in [1.82, 2.24) is 10.6 Å². The van der Waals surface area contributed by atoms with Crippen LogP contribution in [-0.4, -0.2) is 24.0 Å². The molecule has 1 amide bonds. The lowest BCUT2D eigenvalue weighted by molar-refractivity contribution is -0.123. The van der Waals surface area contributed by atoms with E-state index in [1.54, 1.807) is 0 Å². The summed E-state index contributed by atoms with van der Waals surface area (Å²) in [5, 5.41) is 6.35. The molecule has 0 bridgehead atoms. The van der Waals surface area contributed by atoms with Gasteiger partial charge in [0, 0.05) is 16.6 Å². The number of carbonyl (C=O) groups is 1. The minimum Gasteiger partial charge on any atom is -0.353 e. The van der Waals surface area contributed by atoms with Crippen LogP contribution in [0.5, 0.6) is 0 Å². The summed E-state index contributed by atoms with van der Waals surface area (Å²) < 4.78 is 1.14. The Hall–Kier alpha value is -0.870. The van der Waals surface area contributed by atoms with Crippen molar-refractivity contribution in [3.8, 4) is 0 Å². The van der Waals surface area contributed by atoms with E-state index in [2.05, 4.69) is 50.8 Å². The molecule has 0 aromatic heterocycles. The Morgan fingerprint density at radius 2 is 2.00 bits per heavy atom. The van der Waals surface area contributed by atoms with E-state index in [-0.39, 0.29) is 18.0 Å². The van der Waals surface area contributed by atoms with Crippen LogP contribution in [0.4, 0.5) is 0 Å². The second kappa shape index (κ2) is 6.72. The van der Waals surface area contributed by atoms with Gasteiger partial charge in [-0.25, -0.2) is 0 Å². The highest BCUT2D eigenvalue weighted by Gasteiger charge is 2.32. The largest absolute Gasteiger partial charge is 0.353 e. The summed E-state index contributed by atoms with van der Waals surface area (Å²) in [6.45, 7) is 5.90. The minimum atomic E-state index is -0.120. The van der Waals surface area contributed by atoms with Gasteiger partial charge in [-0.2, -0.15) is 0 Å². The zero-order chi connectivity index (χ0) is 14.7. The number of halogens is 1. The molecule has 1 aliphatic carbocycles. The standard InChI is InChI=1S/C16H23BrN2O/c1-10(2)18-16(20)11(3)19-15-8-13(9-15)12-5-4-6-14(17)7-12/h4-7,10-11,13,15,19H,8-9H2,1-3H3,(H,18,20). The number of benzene rings is 1. The molecule has 20 heavy (non-hydrogen) atoms. The van der Waals surface area contributed by atoms with E-state index in [9.17, 15) is 4.79 Å². The summed E-state index contributed by atoms with van der Waals surface area (Å²) in [6.07, 6.45) is 2.21. The second-order valence-electron chi connectivity index (χ2n) is 5.97. The lowest BCUT2D eigenvalue weighted by Gasteiger charge is -2.38. The molecule has 1 aliphatic rings. The molecule has 0 heterocycles. The predicted octanol–water partition coefficient (Wildman–Crippen LogP) is 3.20. The molecular weight excluding hydrogens is 316 g/mol. The fraction of sp³-hybridized carbons (Fsp3) is 0.562. The fourth-order valence-corrected chi connectivity index (χ4v) is 3.04. The molecule has 0 aliphatic heterocycles.